The summed E-state index contributed by atoms with van der Waals surface area (Å²) in [6.45, 7) is 2.94. The van der Waals surface area contributed by atoms with Crippen molar-refractivity contribution in [2.24, 2.45) is 0 Å². The van der Waals surface area contributed by atoms with Crippen molar-refractivity contribution in [3.8, 4) is 0 Å². The Bertz CT molecular complexity index is 620. The molecule has 4 N–H and O–H groups in total. The summed E-state index contributed by atoms with van der Waals surface area (Å²) >= 11 is 5.64. The molecule has 0 radical (unpaired) electrons. The standard InChI is InChI=1S/C11H15ClFN3O3S/c1-6(2)16-10(17)5-15-20(18,19)9-4-7(12)3-8(14)11(9)13/h3-4,6,15H,5,14H2,1-2H3,(H,16,17). The van der Waals surface area contributed by atoms with E-state index in [2.05, 4.69) is 5.32 Å². The van der Waals surface area contributed by atoms with Crippen LogP contribution in [-0.4, -0.2) is 26.9 Å². The van der Waals surface area contributed by atoms with Gasteiger partial charge in [0.2, 0.25) is 15.9 Å². The smallest absolute Gasteiger partial charge is 0.244 e. The maximum atomic E-state index is 13.7. The van der Waals surface area contributed by atoms with Gasteiger partial charge in [0.05, 0.1) is 12.2 Å². The molecule has 0 atom stereocenters. The SMILES string of the molecule is CC(C)NC(=O)CNS(=O)(=O)c1cc(Cl)cc(N)c1F. The minimum absolute atomic E-state index is 0.0177. The van der Waals surface area contributed by atoms with Crippen LogP contribution in [0.25, 0.3) is 0 Å². The van der Waals surface area contributed by atoms with Crippen LogP contribution in [0.4, 0.5) is 10.1 Å². The van der Waals surface area contributed by atoms with Gasteiger partial charge in [-0.25, -0.2) is 17.5 Å². The second-order valence-electron chi connectivity index (χ2n) is 4.35. The molecule has 0 aromatic heterocycles. The van der Waals surface area contributed by atoms with Crippen LogP contribution in [-0.2, 0) is 14.8 Å². The van der Waals surface area contributed by atoms with Crippen molar-refractivity contribution in [2.75, 3.05) is 12.3 Å². The van der Waals surface area contributed by atoms with E-state index in [1.54, 1.807) is 13.8 Å². The summed E-state index contributed by atoms with van der Waals surface area (Å²) in [4.78, 5) is 10.7. The first kappa shape index (κ1) is 16.7. The molecule has 0 saturated carbocycles. The molecule has 1 aromatic rings. The van der Waals surface area contributed by atoms with Crippen LogP contribution in [0.3, 0.4) is 0 Å². The summed E-state index contributed by atoms with van der Waals surface area (Å²) in [5.41, 5.74) is 4.92. The lowest BCUT2D eigenvalue weighted by Gasteiger charge is -2.11. The Balaban J connectivity index is 2.93. The zero-order valence-corrected chi connectivity index (χ0v) is 12.5. The Kier molecular flexibility index (Phi) is 5.32. The minimum Gasteiger partial charge on any atom is -0.396 e. The number of amides is 1. The average molecular weight is 324 g/mol. The molecule has 6 nitrogen and oxygen atoms in total. The van der Waals surface area contributed by atoms with Crippen LogP contribution in [0.1, 0.15) is 13.8 Å². The summed E-state index contributed by atoms with van der Waals surface area (Å²) in [5, 5.41) is 2.48. The Labute approximate surface area is 121 Å². The number of rotatable bonds is 5. The topological polar surface area (TPSA) is 101 Å². The third-order valence-corrected chi connectivity index (χ3v) is 3.81. The van der Waals surface area contributed by atoms with Crippen LogP contribution in [0.15, 0.2) is 17.0 Å². The number of nitrogens with one attached hydrogen (secondary N) is 2. The quantitative estimate of drug-likeness (QED) is 0.700. The summed E-state index contributed by atoms with van der Waals surface area (Å²) in [6.07, 6.45) is 0. The van der Waals surface area contributed by atoms with Crippen LogP contribution in [0.5, 0.6) is 0 Å². The van der Waals surface area contributed by atoms with Crippen molar-refractivity contribution in [2.45, 2.75) is 24.8 Å². The molecule has 0 heterocycles. The number of carbonyl (C=O) groups excluding carboxylic acids is 1. The van der Waals surface area contributed by atoms with E-state index in [4.69, 9.17) is 17.3 Å². The van der Waals surface area contributed by atoms with E-state index in [1.807, 2.05) is 4.72 Å². The van der Waals surface area contributed by atoms with Gasteiger partial charge in [-0.05, 0) is 26.0 Å². The molecular weight excluding hydrogens is 309 g/mol. The average Bonchev–Trinajstić information content (AvgIpc) is 2.30. The highest BCUT2D eigenvalue weighted by Crippen LogP contribution is 2.24. The molecule has 0 saturated heterocycles. The van der Waals surface area contributed by atoms with Gasteiger partial charge < -0.3 is 11.1 Å². The second-order valence-corrected chi connectivity index (χ2v) is 6.53. The summed E-state index contributed by atoms with van der Waals surface area (Å²) < 4.78 is 39.5. The zero-order valence-electron chi connectivity index (χ0n) is 10.9. The van der Waals surface area contributed by atoms with Gasteiger partial charge in [0.15, 0.2) is 5.82 Å². The van der Waals surface area contributed by atoms with Gasteiger partial charge in [-0.2, -0.15) is 0 Å². The number of carbonyl (C=O) groups is 1. The monoisotopic (exact) mass is 323 g/mol. The van der Waals surface area contributed by atoms with Gasteiger partial charge in [0.1, 0.15) is 4.90 Å². The molecular formula is C11H15ClFN3O3S. The fraction of sp³-hybridized carbons (Fsp3) is 0.364. The Morgan fingerprint density at radius 3 is 2.60 bits per heavy atom. The van der Waals surface area contributed by atoms with Gasteiger partial charge >= 0.3 is 0 Å². The van der Waals surface area contributed by atoms with Crippen LogP contribution in [0, 0.1) is 5.82 Å². The van der Waals surface area contributed by atoms with Crippen molar-refractivity contribution in [3.63, 3.8) is 0 Å². The lowest BCUT2D eigenvalue weighted by molar-refractivity contribution is -0.120. The fourth-order valence-electron chi connectivity index (χ4n) is 1.39. The first-order chi connectivity index (χ1) is 9.13. The third kappa shape index (κ3) is 4.32. The Hall–Kier alpha value is -1.38. The number of hydrogen-bond donors (Lipinski definition) is 3. The maximum absolute atomic E-state index is 13.7. The van der Waals surface area contributed by atoms with Crippen LogP contribution in [0.2, 0.25) is 5.02 Å². The van der Waals surface area contributed by atoms with Crippen molar-refractivity contribution in [1.29, 1.82) is 0 Å². The Morgan fingerprint density at radius 1 is 1.45 bits per heavy atom. The minimum atomic E-state index is -4.22. The molecule has 1 aromatic carbocycles. The highest BCUT2D eigenvalue weighted by Gasteiger charge is 2.22. The fourth-order valence-corrected chi connectivity index (χ4v) is 2.80. The van der Waals surface area contributed by atoms with Crippen LogP contribution >= 0.6 is 11.6 Å². The summed E-state index contributed by atoms with van der Waals surface area (Å²) in [6, 6.07) is 1.89. The normalized spacial score (nSPS) is 11.7. The first-order valence-corrected chi connectivity index (χ1v) is 7.53. The molecule has 0 unspecified atom stereocenters. The molecule has 0 aliphatic heterocycles. The molecule has 1 rings (SSSR count). The summed E-state index contributed by atoms with van der Waals surface area (Å²) in [7, 11) is -4.22. The predicted octanol–water partition coefficient (Wildman–Crippen LogP) is 0.864. The highest BCUT2D eigenvalue weighted by molar-refractivity contribution is 7.89. The van der Waals surface area contributed by atoms with Gasteiger partial charge in [-0.15, -0.1) is 0 Å². The first-order valence-electron chi connectivity index (χ1n) is 5.67. The highest BCUT2D eigenvalue weighted by atomic mass is 35.5. The molecule has 1 amide bonds. The van der Waals surface area contributed by atoms with Crippen LogP contribution < -0.4 is 15.8 Å². The van der Waals surface area contributed by atoms with Gasteiger partial charge in [-0.3, -0.25) is 4.79 Å². The largest absolute Gasteiger partial charge is 0.396 e. The predicted molar refractivity (Wildman–Crippen MR) is 74.3 cm³/mol. The Morgan fingerprint density at radius 2 is 2.05 bits per heavy atom. The molecule has 0 aliphatic carbocycles. The van der Waals surface area contributed by atoms with Crippen molar-refractivity contribution < 1.29 is 17.6 Å². The van der Waals surface area contributed by atoms with E-state index in [0.29, 0.717) is 0 Å². The van der Waals surface area contributed by atoms with Crippen molar-refractivity contribution >= 4 is 33.2 Å². The number of halogens is 2. The van der Waals surface area contributed by atoms with E-state index in [0.717, 1.165) is 12.1 Å². The lowest BCUT2D eigenvalue weighted by Crippen LogP contribution is -2.40. The maximum Gasteiger partial charge on any atom is 0.244 e. The molecule has 20 heavy (non-hydrogen) atoms. The third-order valence-electron chi connectivity index (χ3n) is 2.19. The van der Waals surface area contributed by atoms with Gasteiger partial charge in [-0.1, -0.05) is 11.6 Å². The molecule has 9 heteroatoms. The van der Waals surface area contributed by atoms with E-state index >= 15 is 0 Å². The molecule has 0 fully saturated rings. The number of nitrogens with two attached hydrogens (primary N) is 1. The number of benzene rings is 1. The van der Waals surface area contributed by atoms with E-state index in [1.165, 1.54) is 0 Å². The number of anilines is 1. The molecule has 0 bridgehead atoms. The lowest BCUT2D eigenvalue weighted by atomic mass is 10.3. The van der Waals surface area contributed by atoms with E-state index < -0.39 is 33.2 Å². The van der Waals surface area contributed by atoms with Crippen molar-refractivity contribution in [1.82, 2.24) is 10.0 Å². The number of sulfonamides is 1. The van der Waals surface area contributed by atoms with E-state index in [9.17, 15) is 17.6 Å². The van der Waals surface area contributed by atoms with Gasteiger partial charge in [0, 0.05) is 11.1 Å². The van der Waals surface area contributed by atoms with Crippen molar-refractivity contribution in [3.05, 3.63) is 23.0 Å². The summed E-state index contributed by atoms with van der Waals surface area (Å²) in [5.74, 6) is -1.63. The zero-order chi connectivity index (χ0) is 15.5. The number of hydrogen-bond acceptors (Lipinski definition) is 4. The molecule has 0 aliphatic rings. The second kappa shape index (κ2) is 6.38. The van der Waals surface area contributed by atoms with E-state index in [-0.39, 0.29) is 16.8 Å². The molecule has 112 valence electrons. The molecule has 0 spiro atoms. The number of nitrogen functional groups attached to an aromatic ring is 1. The van der Waals surface area contributed by atoms with Gasteiger partial charge in [0.25, 0.3) is 0 Å².